The summed E-state index contributed by atoms with van der Waals surface area (Å²) in [5, 5.41) is 6.14. The molecule has 1 unspecified atom stereocenters. The van der Waals surface area contributed by atoms with Crippen molar-refractivity contribution in [1.29, 1.82) is 0 Å². The molecule has 0 aliphatic rings. The number of nitrogens with zero attached hydrogens (tertiary/aromatic N) is 1. The van der Waals surface area contributed by atoms with E-state index in [4.69, 9.17) is 27.6 Å². The molecule has 162 valence electrons. The third kappa shape index (κ3) is 6.50. The lowest BCUT2D eigenvalue weighted by molar-refractivity contribution is -0.137. The van der Waals surface area contributed by atoms with Gasteiger partial charge in [0.05, 0.1) is 23.5 Å². The predicted molar refractivity (Wildman–Crippen MR) is 117 cm³/mol. The molecule has 0 aliphatic carbocycles. The van der Waals surface area contributed by atoms with Gasteiger partial charge in [-0.2, -0.15) is 0 Å². The second-order valence-corrected chi connectivity index (χ2v) is 7.95. The van der Waals surface area contributed by atoms with Gasteiger partial charge in [0.1, 0.15) is 6.04 Å². The molecule has 2 rings (SSSR count). The fourth-order valence-corrected chi connectivity index (χ4v) is 3.16. The number of anilines is 1. The van der Waals surface area contributed by atoms with E-state index in [1.807, 2.05) is 20.8 Å². The summed E-state index contributed by atoms with van der Waals surface area (Å²) in [7, 11) is 0. The molecule has 2 aromatic rings. The normalized spacial score (nSPS) is 11.8. The first-order valence-electron chi connectivity index (χ1n) is 9.61. The van der Waals surface area contributed by atoms with Crippen LogP contribution < -0.4 is 10.6 Å². The van der Waals surface area contributed by atoms with Gasteiger partial charge in [-0.3, -0.25) is 14.4 Å². The number of furan rings is 1. The van der Waals surface area contributed by atoms with Gasteiger partial charge >= 0.3 is 0 Å². The molecule has 1 atom stereocenters. The predicted octanol–water partition coefficient (Wildman–Crippen LogP) is 4.22. The first-order valence-corrected chi connectivity index (χ1v) is 10.4. The van der Waals surface area contributed by atoms with Gasteiger partial charge in [-0.1, -0.05) is 44.0 Å². The summed E-state index contributed by atoms with van der Waals surface area (Å²) in [6.45, 7) is 5.71. The molecule has 1 aromatic heterocycles. The number of carbonyl (C=O) groups excluding carboxylic acids is 3. The van der Waals surface area contributed by atoms with Crippen molar-refractivity contribution in [3.05, 3.63) is 52.4 Å². The number of hydrogen-bond acceptors (Lipinski definition) is 4. The molecule has 0 bridgehead atoms. The minimum atomic E-state index is -0.809. The van der Waals surface area contributed by atoms with Crippen LogP contribution in [0.3, 0.4) is 0 Å². The van der Waals surface area contributed by atoms with Gasteiger partial charge in [0.15, 0.2) is 5.76 Å². The maximum Gasteiger partial charge on any atom is 0.287 e. The summed E-state index contributed by atoms with van der Waals surface area (Å²) in [6, 6.07) is 7.03. The van der Waals surface area contributed by atoms with Crippen LogP contribution in [0.25, 0.3) is 0 Å². The highest BCUT2D eigenvalue weighted by Gasteiger charge is 2.30. The van der Waals surface area contributed by atoms with E-state index in [0.717, 1.165) is 0 Å². The van der Waals surface area contributed by atoms with Crippen LogP contribution >= 0.6 is 23.2 Å². The van der Waals surface area contributed by atoms with Crippen molar-refractivity contribution >= 4 is 46.6 Å². The van der Waals surface area contributed by atoms with E-state index in [1.165, 1.54) is 23.3 Å². The molecule has 1 heterocycles. The molecule has 0 saturated carbocycles. The summed E-state index contributed by atoms with van der Waals surface area (Å²) in [6.07, 6.45) is 2.03. The summed E-state index contributed by atoms with van der Waals surface area (Å²) in [5.41, 5.74) is 0.365. The van der Waals surface area contributed by atoms with Crippen molar-refractivity contribution in [3.8, 4) is 0 Å². The quantitative estimate of drug-likeness (QED) is 0.594. The summed E-state index contributed by atoms with van der Waals surface area (Å²) in [5.74, 6) is -1.33. The van der Waals surface area contributed by atoms with Crippen LogP contribution in [-0.2, 0) is 9.59 Å². The minimum absolute atomic E-state index is 0.115. The Morgan fingerprint density at radius 1 is 1.17 bits per heavy atom. The number of amides is 3. The minimum Gasteiger partial charge on any atom is -0.459 e. The zero-order valence-electron chi connectivity index (χ0n) is 17.1. The average molecular weight is 454 g/mol. The second-order valence-electron chi connectivity index (χ2n) is 7.10. The van der Waals surface area contributed by atoms with E-state index in [0.29, 0.717) is 28.7 Å². The zero-order valence-corrected chi connectivity index (χ0v) is 18.6. The molecule has 7 nitrogen and oxygen atoms in total. The van der Waals surface area contributed by atoms with Crippen molar-refractivity contribution < 1.29 is 18.8 Å². The highest BCUT2D eigenvalue weighted by atomic mass is 35.5. The Balaban J connectivity index is 2.11. The molecule has 1 aromatic carbocycles. The van der Waals surface area contributed by atoms with Gasteiger partial charge in [-0.05, 0) is 42.7 Å². The maximum absolute atomic E-state index is 13.1. The van der Waals surface area contributed by atoms with Gasteiger partial charge in [0.25, 0.3) is 5.91 Å². The Bertz CT molecular complexity index is 884. The van der Waals surface area contributed by atoms with Crippen LogP contribution in [-0.4, -0.2) is 41.8 Å². The van der Waals surface area contributed by atoms with Crippen molar-refractivity contribution in [2.45, 2.75) is 33.2 Å². The summed E-state index contributed by atoms with van der Waals surface area (Å²) < 4.78 is 5.09. The number of benzene rings is 1. The first-order chi connectivity index (χ1) is 14.2. The maximum atomic E-state index is 13.1. The standard InChI is InChI=1S/C21H25Cl2N3O4/c1-4-9-26(12-18(27)24-16-11-14(22)7-8-15(16)23)21(29)19(13(2)3)25-20(28)17-6-5-10-30-17/h5-8,10-11,13,19H,4,9,12H2,1-3H3,(H,24,27)(H,25,28). The van der Waals surface area contributed by atoms with Gasteiger partial charge in [-0.15, -0.1) is 0 Å². The van der Waals surface area contributed by atoms with Crippen molar-refractivity contribution in [2.24, 2.45) is 5.92 Å². The number of hydrogen-bond donors (Lipinski definition) is 2. The molecular weight excluding hydrogens is 429 g/mol. The molecule has 30 heavy (non-hydrogen) atoms. The Kier molecular flexibility index (Phi) is 8.74. The van der Waals surface area contributed by atoms with Gasteiger partial charge in [0, 0.05) is 11.6 Å². The fraction of sp³-hybridized carbons (Fsp3) is 0.381. The van der Waals surface area contributed by atoms with Gasteiger partial charge in [0.2, 0.25) is 11.8 Å². The Labute approximate surface area is 185 Å². The van der Waals surface area contributed by atoms with E-state index >= 15 is 0 Å². The largest absolute Gasteiger partial charge is 0.459 e. The van der Waals surface area contributed by atoms with Gasteiger partial charge in [-0.25, -0.2) is 0 Å². The van der Waals surface area contributed by atoms with Crippen LogP contribution in [0.5, 0.6) is 0 Å². The molecular formula is C21H25Cl2N3O4. The highest BCUT2D eigenvalue weighted by molar-refractivity contribution is 6.35. The molecule has 0 fully saturated rings. The molecule has 3 amide bonds. The first kappa shape index (κ1) is 23.8. The second kappa shape index (κ2) is 11.0. The summed E-state index contributed by atoms with van der Waals surface area (Å²) in [4.78, 5) is 39.5. The van der Waals surface area contributed by atoms with Crippen LogP contribution in [0, 0.1) is 5.92 Å². The molecule has 0 saturated heterocycles. The lowest BCUT2D eigenvalue weighted by Crippen LogP contribution is -2.52. The van der Waals surface area contributed by atoms with E-state index in [-0.39, 0.29) is 24.1 Å². The topological polar surface area (TPSA) is 91.7 Å². The molecule has 0 spiro atoms. The van der Waals surface area contributed by atoms with Crippen LogP contribution in [0.15, 0.2) is 41.0 Å². The van der Waals surface area contributed by atoms with Crippen LogP contribution in [0.4, 0.5) is 5.69 Å². The Morgan fingerprint density at radius 2 is 1.90 bits per heavy atom. The highest BCUT2D eigenvalue weighted by Crippen LogP contribution is 2.25. The fourth-order valence-electron chi connectivity index (χ4n) is 2.82. The average Bonchev–Trinajstić information content (AvgIpc) is 3.22. The van der Waals surface area contributed by atoms with Crippen molar-refractivity contribution in [2.75, 3.05) is 18.4 Å². The Morgan fingerprint density at radius 3 is 2.50 bits per heavy atom. The zero-order chi connectivity index (χ0) is 22.3. The third-order valence-electron chi connectivity index (χ3n) is 4.31. The monoisotopic (exact) mass is 453 g/mol. The lowest BCUT2D eigenvalue weighted by Gasteiger charge is -2.29. The molecule has 9 heteroatoms. The smallest absolute Gasteiger partial charge is 0.287 e. The Hall–Kier alpha value is -2.51. The van der Waals surface area contributed by atoms with Gasteiger partial charge < -0.3 is 20.0 Å². The number of halogens is 2. The van der Waals surface area contributed by atoms with E-state index in [9.17, 15) is 14.4 Å². The number of rotatable bonds is 9. The van der Waals surface area contributed by atoms with Crippen LogP contribution in [0.1, 0.15) is 37.7 Å². The van der Waals surface area contributed by atoms with E-state index in [1.54, 1.807) is 18.2 Å². The van der Waals surface area contributed by atoms with E-state index in [2.05, 4.69) is 10.6 Å². The number of nitrogens with one attached hydrogen (secondary N) is 2. The number of carbonyl (C=O) groups is 3. The van der Waals surface area contributed by atoms with Crippen LogP contribution in [0.2, 0.25) is 10.0 Å². The van der Waals surface area contributed by atoms with E-state index < -0.39 is 17.9 Å². The lowest BCUT2D eigenvalue weighted by atomic mass is 10.0. The SMILES string of the molecule is CCCN(CC(=O)Nc1cc(Cl)ccc1Cl)C(=O)C(NC(=O)c1ccco1)C(C)C. The van der Waals surface area contributed by atoms with Crippen molar-refractivity contribution in [1.82, 2.24) is 10.2 Å². The molecule has 0 aliphatic heterocycles. The molecule has 2 N–H and O–H groups in total. The summed E-state index contributed by atoms with van der Waals surface area (Å²) >= 11 is 12.0. The van der Waals surface area contributed by atoms with Crippen molar-refractivity contribution in [3.63, 3.8) is 0 Å². The molecule has 0 radical (unpaired) electrons. The third-order valence-corrected chi connectivity index (χ3v) is 4.87.